The van der Waals surface area contributed by atoms with Crippen molar-refractivity contribution in [1.29, 1.82) is 0 Å². The van der Waals surface area contributed by atoms with Gasteiger partial charge in [0.2, 0.25) is 6.04 Å². The standard InChI is InChI=1S/C21H24N2/c1-6-21(4)12-11-15(14(2)3)19(20(21)22-5)17-13-23-18-10-8-7-9-16(17)18/h6-10,13,15,19-20,23H,1-2,11-12H2,3-4H3/t15-,19-,20-,21-/m1/s1. The minimum absolute atomic E-state index is 0.102. The Bertz CT molecular complexity index is 792. The van der Waals surface area contributed by atoms with E-state index in [2.05, 4.69) is 61.2 Å². The number of hydrogen-bond acceptors (Lipinski definition) is 0. The molecule has 1 fully saturated rings. The van der Waals surface area contributed by atoms with Crippen molar-refractivity contribution in [2.24, 2.45) is 11.3 Å². The normalized spacial score (nSPS) is 30.7. The third-order valence-electron chi connectivity index (χ3n) is 5.66. The minimum Gasteiger partial charge on any atom is -0.361 e. The van der Waals surface area contributed by atoms with Crippen LogP contribution in [0, 0.1) is 17.9 Å². The summed E-state index contributed by atoms with van der Waals surface area (Å²) in [5, 5.41) is 1.23. The SMILES string of the molecule is [C-]#[N+][C@@H]1[C@@H](c2c[nH]c3ccccc23)[C@@H](C(=C)C)CC[C@@]1(C)C=C. The first-order valence-corrected chi connectivity index (χ1v) is 8.23. The number of hydrogen-bond donors (Lipinski definition) is 1. The van der Waals surface area contributed by atoms with Crippen LogP contribution in [-0.2, 0) is 0 Å². The molecule has 23 heavy (non-hydrogen) atoms. The Kier molecular flexibility index (Phi) is 3.90. The molecular weight excluding hydrogens is 280 g/mol. The van der Waals surface area contributed by atoms with Crippen LogP contribution in [0.2, 0.25) is 0 Å². The van der Waals surface area contributed by atoms with Gasteiger partial charge in [0, 0.05) is 17.1 Å². The van der Waals surface area contributed by atoms with Crippen LogP contribution in [0.25, 0.3) is 15.7 Å². The molecule has 2 nitrogen and oxygen atoms in total. The van der Waals surface area contributed by atoms with Crippen LogP contribution in [0.4, 0.5) is 0 Å². The van der Waals surface area contributed by atoms with Gasteiger partial charge in [0.25, 0.3) is 0 Å². The van der Waals surface area contributed by atoms with Crippen LogP contribution in [-0.4, -0.2) is 11.0 Å². The van der Waals surface area contributed by atoms with Crippen molar-refractivity contribution in [3.05, 3.63) is 72.2 Å². The summed E-state index contributed by atoms with van der Waals surface area (Å²) in [4.78, 5) is 7.45. The second kappa shape index (κ2) is 5.74. The van der Waals surface area contributed by atoms with Crippen LogP contribution in [0.5, 0.6) is 0 Å². The molecule has 1 aliphatic carbocycles. The highest BCUT2D eigenvalue weighted by Crippen LogP contribution is 2.52. The lowest BCUT2D eigenvalue weighted by molar-refractivity contribution is 0.196. The zero-order chi connectivity index (χ0) is 16.6. The van der Waals surface area contributed by atoms with E-state index in [0.29, 0.717) is 5.92 Å². The molecule has 1 saturated carbocycles. The van der Waals surface area contributed by atoms with Crippen molar-refractivity contribution in [2.75, 3.05) is 0 Å². The molecule has 1 heterocycles. The fourth-order valence-electron chi connectivity index (χ4n) is 4.18. The third kappa shape index (κ3) is 2.41. The maximum Gasteiger partial charge on any atom is 0.239 e. The van der Waals surface area contributed by atoms with Crippen LogP contribution < -0.4 is 0 Å². The van der Waals surface area contributed by atoms with Gasteiger partial charge < -0.3 is 9.83 Å². The number of aromatic nitrogens is 1. The monoisotopic (exact) mass is 304 g/mol. The minimum atomic E-state index is -0.142. The van der Waals surface area contributed by atoms with E-state index in [9.17, 15) is 0 Å². The molecule has 0 amide bonds. The number of nitrogens with one attached hydrogen (secondary N) is 1. The molecular formula is C21H24N2. The molecule has 4 atom stereocenters. The van der Waals surface area contributed by atoms with Crippen molar-refractivity contribution < 1.29 is 0 Å². The maximum atomic E-state index is 7.87. The molecule has 1 N–H and O–H groups in total. The Morgan fingerprint density at radius 3 is 2.83 bits per heavy atom. The van der Waals surface area contributed by atoms with E-state index in [1.54, 1.807) is 0 Å². The Hall–Kier alpha value is -2.27. The average molecular weight is 304 g/mol. The Morgan fingerprint density at radius 2 is 2.17 bits per heavy atom. The lowest BCUT2D eigenvalue weighted by Crippen LogP contribution is -2.41. The molecule has 118 valence electrons. The first kappa shape index (κ1) is 15.6. The molecule has 0 spiro atoms. The highest BCUT2D eigenvalue weighted by molar-refractivity contribution is 5.84. The Balaban J connectivity index is 2.19. The Morgan fingerprint density at radius 1 is 1.43 bits per heavy atom. The number of rotatable bonds is 3. The number of fused-ring (bicyclic) bond motifs is 1. The van der Waals surface area contributed by atoms with Crippen LogP contribution in [0.15, 0.2) is 55.3 Å². The largest absolute Gasteiger partial charge is 0.361 e. The van der Waals surface area contributed by atoms with E-state index in [1.807, 2.05) is 12.1 Å². The summed E-state index contributed by atoms with van der Waals surface area (Å²) >= 11 is 0. The van der Waals surface area contributed by atoms with Crippen LogP contribution >= 0.6 is 0 Å². The summed E-state index contributed by atoms with van der Waals surface area (Å²) in [7, 11) is 0. The van der Waals surface area contributed by atoms with E-state index in [1.165, 1.54) is 16.5 Å². The van der Waals surface area contributed by atoms with Crippen molar-refractivity contribution in [3.8, 4) is 0 Å². The van der Waals surface area contributed by atoms with Crippen LogP contribution in [0.1, 0.15) is 38.2 Å². The smallest absolute Gasteiger partial charge is 0.239 e. The fourth-order valence-corrected chi connectivity index (χ4v) is 4.18. The summed E-state index contributed by atoms with van der Waals surface area (Å²) < 4.78 is 0. The number of nitrogens with zero attached hydrogens (tertiary/aromatic N) is 1. The van der Waals surface area contributed by atoms with Gasteiger partial charge in [-0.05, 0) is 44.2 Å². The lowest BCUT2D eigenvalue weighted by Gasteiger charge is -2.42. The number of para-hydroxylation sites is 1. The number of aromatic amines is 1. The van der Waals surface area contributed by atoms with Crippen molar-refractivity contribution >= 4 is 10.9 Å². The summed E-state index contributed by atoms with van der Waals surface area (Å²) in [6, 6.07) is 8.25. The van der Waals surface area contributed by atoms with E-state index < -0.39 is 0 Å². The van der Waals surface area contributed by atoms with Crippen molar-refractivity contribution in [2.45, 2.75) is 38.6 Å². The predicted molar refractivity (Wildman–Crippen MR) is 97.3 cm³/mol. The van der Waals surface area contributed by atoms with Gasteiger partial charge in [0.1, 0.15) is 0 Å². The predicted octanol–water partition coefficient (Wildman–Crippen LogP) is 5.72. The third-order valence-corrected chi connectivity index (χ3v) is 5.66. The number of benzene rings is 1. The first-order valence-electron chi connectivity index (χ1n) is 8.23. The lowest BCUT2D eigenvalue weighted by atomic mass is 9.59. The molecule has 0 saturated heterocycles. The fraction of sp³-hybridized carbons (Fsp3) is 0.381. The van der Waals surface area contributed by atoms with Gasteiger partial charge in [-0.1, -0.05) is 36.4 Å². The van der Waals surface area contributed by atoms with Gasteiger partial charge in [0.05, 0.1) is 11.3 Å². The quantitative estimate of drug-likeness (QED) is 0.553. The number of allylic oxidation sites excluding steroid dienone is 1. The van der Waals surface area contributed by atoms with Gasteiger partial charge in [-0.2, -0.15) is 0 Å². The Labute approximate surface area is 138 Å². The topological polar surface area (TPSA) is 20.1 Å². The summed E-state index contributed by atoms with van der Waals surface area (Å²) in [6.07, 6.45) is 6.15. The summed E-state index contributed by atoms with van der Waals surface area (Å²) in [6.45, 7) is 20.4. The molecule has 2 heteroatoms. The molecule has 0 radical (unpaired) electrons. The van der Waals surface area contributed by atoms with Gasteiger partial charge >= 0.3 is 0 Å². The van der Waals surface area contributed by atoms with Gasteiger partial charge in [-0.15, -0.1) is 6.58 Å². The highest BCUT2D eigenvalue weighted by Gasteiger charge is 2.51. The van der Waals surface area contributed by atoms with Crippen LogP contribution in [0.3, 0.4) is 0 Å². The van der Waals surface area contributed by atoms with Gasteiger partial charge in [-0.3, -0.25) is 0 Å². The second-order valence-electron chi connectivity index (χ2n) is 7.09. The molecule has 0 unspecified atom stereocenters. The van der Waals surface area contributed by atoms with Crippen molar-refractivity contribution in [3.63, 3.8) is 0 Å². The summed E-state index contributed by atoms with van der Waals surface area (Å²) in [5.41, 5.74) is 3.43. The second-order valence-corrected chi connectivity index (χ2v) is 7.09. The maximum absolute atomic E-state index is 7.87. The number of H-pyrrole nitrogens is 1. The highest BCUT2D eigenvalue weighted by atomic mass is 14.8. The zero-order valence-electron chi connectivity index (χ0n) is 14.0. The molecule has 1 aromatic heterocycles. The molecule has 0 bridgehead atoms. The first-order chi connectivity index (χ1) is 11.0. The summed E-state index contributed by atoms with van der Waals surface area (Å²) in [5.74, 6) is 0.513. The molecule has 1 aromatic carbocycles. The molecule has 0 aliphatic heterocycles. The molecule has 1 aliphatic rings. The van der Waals surface area contributed by atoms with E-state index in [-0.39, 0.29) is 17.4 Å². The van der Waals surface area contributed by atoms with Gasteiger partial charge in [-0.25, -0.2) is 6.57 Å². The van der Waals surface area contributed by atoms with Crippen molar-refractivity contribution in [1.82, 2.24) is 4.98 Å². The van der Waals surface area contributed by atoms with E-state index >= 15 is 0 Å². The molecule has 2 aromatic rings. The van der Waals surface area contributed by atoms with E-state index in [0.717, 1.165) is 18.4 Å². The average Bonchev–Trinajstić information content (AvgIpc) is 2.97. The molecule has 3 rings (SSSR count). The van der Waals surface area contributed by atoms with E-state index in [4.69, 9.17) is 6.57 Å². The van der Waals surface area contributed by atoms with Gasteiger partial charge in [0.15, 0.2) is 0 Å². The zero-order valence-corrected chi connectivity index (χ0v) is 14.0.